The third-order valence-electron chi connectivity index (χ3n) is 3.58. The van der Waals surface area contributed by atoms with E-state index in [0.29, 0.717) is 6.61 Å². The van der Waals surface area contributed by atoms with Crippen LogP contribution in [0.2, 0.25) is 0 Å². The van der Waals surface area contributed by atoms with E-state index in [-0.39, 0.29) is 30.0 Å². The number of anilines is 1. The van der Waals surface area contributed by atoms with Crippen LogP contribution in [0.1, 0.15) is 12.5 Å². The first-order valence-corrected chi connectivity index (χ1v) is 7.68. The van der Waals surface area contributed by atoms with Gasteiger partial charge in [-0.25, -0.2) is 0 Å². The number of benzene rings is 1. The monoisotopic (exact) mass is 430 g/mol. The summed E-state index contributed by atoms with van der Waals surface area (Å²) in [6.07, 6.45) is 4.40. The first-order valence-electron chi connectivity index (χ1n) is 7.68. The van der Waals surface area contributed by atoms with Crippen molar-refractivity contribution in [2.45, 2.75) is 19.5 Å². The van der Waals surface area contributed by atoms with E-state index in [2.05, 4.69) is 63.9 Å². The van der Waals surface area contributed by atoms with Crippen LogP contribution in [0.25, 0.3) is 0 Å². The normalized spacial score (nSPS) is 15.3. The first-order chi connectivity index (χ1) is 10.7. The van der Waals surface area contributed by atoms with E-state index in [1.54, 1.807) is 14.2 Å². The summed E-state index contributed by atoms with van der Waals surface area (Å²) in [5.74, 6) is 0.790. The summed E-state index contributed by atoms with van der Waals surface area (Å²) in [5.41, 5.74) is 2.51. The van der Waals surface area contributed by atoms with Gasteiger partial charge in [0.1, 0.15) is 0 Å². The number of rotatable bonds is 6. The summed E-state index contributed by atoms with van der Waals surface area (Å²) in [4.78, 5) is 6.59. The van der Waals surface area contributed by atoms with Crippen molar-refractivity contribution >= 4 is 35.6 Å². The highest BCUT2D eigenvalue weighted by atomic mass is 127. The van der Waals surface area contributed by atoms with Crippen molar-refractivity contribution in [2.75, 3.05) is 38.8 Å². The Balaban J connectivity index is 0.00000264. The van der Waals surface area contributed by atoms with Gasteiger partial charge in [0.25, 0.3) is 0 Å². The fraction of sp³-hybridized carbons (Fsp3) is 0.471. The number of nitrogens with zero attached hydrogens (tertiary/aromatic N) is 2. The van der Waals surface area contributed by atoms with E-state index < -0.39 is 0 Å². The molecule has 0 amide bonds. The Bertz CT molecular complexity index is 525. The lowest BCUT2D eigenvalue weighted by atomic mass is 10.2. The van der Waals surface area contributed by atoms with Crippen molar-refractivity contribution in [3.05, 3.63) is 42.0 Å². The van der Waals surface area contributed by atoms with E-state index in [0.717, 1.165) is 25.6 Å². The molecule has 1 aromatic carbocycles. The number of halogens is 1. The minimum atomic E-state index is 0. The first kappa shape index (κ1) is 19.8. The Kier molecular flexibility index (Phi) is 9.01. The van der Waals surface area contributed by atoms with Gasteiger partial charge in [-0.2, -0.15) is 0 Å². The lowest BCUT2D eigenvalue weighted by Crippen LogP contribution is -2.43. The molecule has 0 aromatic heterocycles. The van der Waals surface area contributed by atoms with Gasteiger partial charge in [0.15, 0.2) is 5.96 Å². The molecule has 1 aliphatic rings. The Labute approximate surface area is 156 Å². The van der Waals surface area contributed by atoms with Crippen LogP contribution in [0.3, 0.4) is 0 Å². The van der Waals surface area contributed by atoms with Gasteiger partial charge in [-0.05, 0) is 24.6 Å². The second-order valence-corrected chi connectivity index (χ2v) is 5.47. The average molecular weight is 430 g/mol. The van der Waals surface area contributed by atoms with Crippen LogP contribution < -0.4 is 15.5 Å². The van der Waals surface area contributed by atoms with Crippen molar-refractivity contribution < 1.29 is 4.74 Å². The summed E-state index contributed by atoms with van der Waals surface area (Å²) < 4.78 is 5.13. The molecule has 0 saturated carbocycles. The minimum Gasteiger partial charge on any atom is -0.383 e. The molecule has 0 radical (unpaired) electrons. The van der Waals surface area contributed by atoms with E-state index in [4.69, 9.17) is 4.74 Å². The van der Waals surface area contributed by atoms with Crippen LogP contribution >= 0.6 is 24.0 Å². The Morgan fingerprint density at radius 2 is 2.09 bits per heavy atom. The molecule has 5 nitrogen and oxygen atoms in total. The molecule has 0 fully saturated rings. The van der Waals surface area contributed by atoms with Gasteiger partial charge < -0.3 is 20.3 Å². The molecule has 0 aliphatic carbocycles. The van der Waals surface area contributed by atoms with Gasteiger partial charge in [0.05, 0.1) is 6.61 Å². The highest BCUT2D eigenvalue weighted by Gasteiger charge is 2.08. The highest BCUT2D eigenvalue weighted by Crippen LogP contribution is 2.18. The van der Waals surface area contributed by atoms with Crippen molar-refractivity contribution in [1.82, 2.24) is 10.6 Å². The summed E-state index contributed by atoms with van der Waals surface area (Å²) in [6.45, 7) is 5.45. The standard InChI is InChI=1S/C17H26N4O.HI/c1-14(13-22-3)20-17(18-2)19-12-15-7-6-8-16(11-15)21-9-4-5-10-21;/h4-8,11,14H,9-10,12-13H2,1-3H3,(H2,18,19,20);1H. The summed E-state index contributed by atoms with van der Waals surface area (Å²) >= 11 is 0. The van der Waals surface area contributed by atoms with Crippen LogP contribution in [0.5, 0.6) is 0 Å². The summed E-state index contributed by atoms with van der Waals surface area (Å²) in [5, 5.41) is 6.64. The van der Waals surface area contributed by atoms with E-state index in [9.17, 15) is 0 Å². The van der Waals surface area contributed by atoms with Crippen molar-refractivity contribution in [2.24, 2.45) is 4.99 Å². The van der Waals surface area contributed by atoms with Gasteiger partial charge in [0.2, 0.25) is 0 Å². The van der Waals surface area contributed by atoms with Crippen LogP contribution in [0.15, 0.2) is 41.4 Å². The number of hydrogen-bond donors (Lipinski definition) is 2. The molecule has 0 spiro atoms. The number of guanidine groups is 1. The molecule has 1 heterocycles. The topological polar surface area (TPSA) is 48.9 Å². The predicted molar refractivity (Wildman–Crippen MR) is 108 cm³/mol. The quantitative estimate of drug-likeness (QED) is 0.315. The van der Waals surface area contributed by atoms with Gasteiger partial charge in [-0.3, -0.25) is 4.99 Å². The van der Waals surface area contributed by atoms with E-state index >= 15 is 0 Å². The fourth-order valence-electron chi connectivity index (χ4n) is 2.46. The molecule has 128 valence electrons. The fourth-order valence-corrected chi connectivity index (χ4v) is 2.46. The molecule has 0 bridgehead atoms. The maximum Gasteiger partial charge on any atom is 0.191 e. The Hall–Kier alpha value is -1.28. The smallest absolute Gasteiger partial charge is 0.191 e. The number of hydrogen-bond acceptors (Lipinski definition) is 3. The van der Waals surface area contributed by atoms with Crippen molar-refractivity contribution in [3.8, 4) is 0 Å². The van der Waals surface area contributed by atoms with Crippen LogP contribution in [-0.4, -0.2) is 45.9 Å². The summed E-state index contributed by atoms with van der Waals surface area (Å²) in [7, 11) is 3.48. The zero-order chi connectivity index (χ0) is 15.8. The number of nitrogens with one attached hydrogen (secondary N) is 2. The van der Waals surface area contributed by atoms with Crippen molar-refractivity contribution in [1.29, 1.82) is 0 Å². The van der Waals surface area contributed by atoms with Crippen molar-refractivity contribution in [3.63, 3.8) is 0 Å². The zero-order valence-electron chi connectivity index (χ0n) is 14.1. The van der Waals surface area contributed by atoms with E-state index in [1.807, 2.05) is 0 Å². The molecule has 1 unspecified atom stereocenters. The van der Waals surface area contributed by atoms with Crippen LogP contribution in [0, 0.1) is 0 Å². The van der Waals surface area contributed by atoms with Gasteiger partial charge in [-0.1, -0.05) is 24.3 Å². The second-order valence-electron chi connectivity index (χ2n) is 5.47. The molecule has 1 aromatic rings. The van der Waals surface area contributed by atoms with E-state index in [1.165, 1.54) is 11.3 Å². The van der Waals surface area contributed by atoms with Gasteiger partial charge >= 0.3 is 0 Å². The zero-order valence-corrected chi connectivity index (χ0v) is 16.4. The van der Waals surface area contributed by atoms with Gasteiger partial charge in [0, 0.05) is 45.5 Å². The molecule has 23 heavy (non-hydrogen) atoms. The SMILES string of the molecule is CN=C(NCc1cccc(N2CC=CC2)c1)NC(C)COC.I. The molecular weight excluding hydrogens is 403 g/mol. The molecule has 2 N–H and O–H groups in total. The third-order valence-corrected chi connectivity index (χ3v) is 3.58. The number of methoxy groups -OCH3 is 1. The lowest BCUT2D eigenvalue weighted by molar-refractivity contribution is 0.179. The van der Waals surface area contributed by atoms with Gasteiger partial charge in [-0.15, -0.1) is 24.0 Å². The maximum atomic E-state index is 5.13. The minimum absolute atomic E-state index is 0. The lowest BCUT2D eigenvalue weighted by Gasteiger charge is -2.20. The predicted octanol–water partition coefficient (Wildman–Crippen LogP) is 2.38. The average Bonchev–Trinajstić information content (AvgIpc) is 3.06. The maximum absolute atomic E-state index is 5.13. The third kappa shape index (κ3) is 6.39. The number of aliphatic imine (C=N–C) groups is 1. The number of ether oxygens (including phenoxy) is 1. The Morgan fingerprint density at radius 3 is 2.74 bits per heavy atom. The Morgan fingerprint density at radius 1 is 1.35 bits per heavy atom. The molecule has 1 atom stereocenters. The molecule has 6 heteroatoms. The second kappa shape index (κ2) is 10.5. The molecular formula is C17H27IN4O. The molecule has 0 saturated heterocycles. The van der Waals surface area contributed by atoms with Crippen LogP contribution in [-0.2, 0) is 11.3 Å². The highest BCUT2D eigenvalue weighted by molar-refractivity contribution is 14.0. The summed E-state index contributed by atoms with van der Waals surface area (Å²) in [6, 6.07) is 8.84. The largest absolute Gasteiger partial charge is 0.383 e. The molecule has 2 rings (SSSR count). The van der Waals surface area contributed by atoms with Crippen LogP contribution in [0.4, 0.5) is 5.69 Å². The molecule has 1 aliphatic heterocycles.